The Morgan fingerprint density at radius 3 is 2.38 bits per heavy atom. The summed E-state index contributed by atoms with van der Waals surface area (Å²) in [4.78, 5) is 30.5. The molecule has 0 radical (unpaired) electrons. The van der Waals surface area contributed by atoms with Crippen LogP contribution in [0.1, 0.15) is 55.9 Å². The zero-order chi connectivity index (χ0) is 34.5. The van der Waals surface area contributed by atoms with Crippen molar-refractivity contribution in [1.82, 2.24) is 9.66 Å². The first kappa shape index (κ1) is 34.4. The second-order valence-corrected chi connectivity index (χ2v) is 12.0. The van der Waals surface area contributed by atoms with E-state index in [0.29, 0.717) is 50.1 Å². The van der Waals surface area contributed by atoms with Crippen LogP contribution >= 0.6 is 23.2 Å². The molecule has 0 aliphatic rings. The second kappa shape index (κ2) is 14.9. The summed E-state index contributed by atoms with van der Waals surface area (Å²) in [5, 5.41) is 17.9. The number of nitro groups is 1. The average molecular weight is 690 g/mol. The van der Waals surface area contributed by atoms with E-state index in [0.717, 1.165) is 16.9 Å². The van der Waals surface area contributed by atoms with Crippen LogP contribution in [0.25, 0.3) is 22.3 Å². The summed E-state index contributed by atoms with van der Waals surface area (Å²) < 4.78 is 18.8. The maximum Gasteiger partial charge on any atom is 0.315 e. The van der Waals surface area contributed by atoms with Crippen LogP contribution in [0.5, 0.6) is 17.2 Å². The first-order valence-electron chi connectivity index (χ1n) is 15.4. The third kappa shape index (κ3) is 7.30. The van der Waals surface area contributed by atoms with Crippen molar-refractivity contribution in [1.29, 1.82) is 0 Å². The molecule has 0 fully saturated rings. The number of aryl methyl sites for hydroxylation is 1. The van der Waals surface area contributed by atoms with Crippen molar-refractivity contribution in [3.63, 3.8) is 0 Å². The Bertz CT molecular complexity index is 2090. The molecular weight excluding hydrogens is 655 g/mol. The zero-order valence-corrected chi connectivity index (χ0v) is 28.6. The normalized spacial score (nSPS) is 11.4. The minimum absolute atomic E-state index is 0.0213. The first-order valence-corrected chi connectivity index (χ1v) is 16.1. The van der Waals surface area contributed by atoms with Crippen LogP contribution in [0.4, 0.5) is 5.69 Å². The highest BCUT2D eigenvalue weighted by molar-refractivity contribution is 6.42. The van der Waals surface area contributed by atoms with Crippen molar-refractivity contribution in [3.8, 4) is 28.6 Å². The number of nitrogens with zero attached hydrogens (tertiary/aromatic N) is 4. The van der Waals surface area contributed by atoms with E-state index in [1.807, 2.05) is 32.0 Å². The Morgan fingerprint density at radius 1 is 0.958 bits per heavy atom. The summed E-state index contributed by atoms with van der Waals surface area (Å²) in [6.45, 7) is 10.4. The van der Waals surface area contributed by atoms with Gasteiger partial charge < -0.3 is 14.2 Å². The summed E-state index contributed by atoms with van der Waals surface area (Å²) in [6.07, 6.45) is 1.37. The molecule has 0 saturated heterocycles. The number of hydrogen-bond donors (Lipinski definition) is 0. The molecule has 1 aromatic heterocycles. The van der Waals surface area contributed by atoms with Gasteiger partial charge in [0.15, 0.2) is 11.6 Å². The molecule has 0 aliphatic carbocycles. The van der Waals surface area contributed by atoms with E-state index in [2.05, 4.69) is 18.9 Å². The lowest BCUT2D eigenvalue weighted by Crippen LogP contribution is -2.21. The Kier molecular flexibility index (Phi) is 10.7. The largest absolute Gasteiger partial charge is 0.494 e. The highest BCUT2D eigenvalue weighted by Gasteiger charge is 2.24. The van der Waals surface area contributed by atoms with E-state index in [1.165, 1.54) is 17.0 Å². The maximum atomic E-state index is 13.9. The quantitative estimate of drug-likeness (QED) is 0.0729. The number of hydrogen-bond acceptors (Lipinski definition) is 8. The van der Waals surface area contributed by atoms with Crippen LogP contribution in [-0.2, 0) is 6.61 Å². The van der Waals surface area contributed by atoms with Crippen LogP contribution in [0.3, 0.4) is 0 Å². The fourth-order valence-corrected chi connectivity index (χ4v) is 5.53. The molecule has 0 spiro atoms. The van der Waals surface area contributed by atoms with Gasteiger partial charge in [0.05, 0.1) is 45.3 Å². The molecular formula is C36H34Cl2N4O6. The van der Waals surface area contributed by atoms with Crippen molar-refractivity contribution in [2.24, 2.45) is 5.10 Å². The molecule has 0 unspecified atom stereocenters. The van der Waals surface area contributed by atoms with Gasteiger partial charge in [0, 0.05) is 17.2 Å². The van der Waals surface area contributed by atoms with Gasteiger partial charge in [0.25, 0.3) is 5.56 Å². The van der Waals surface area contributed by atoms with Gasteiger partial charge >= 0.3 is 5.69 Å². The lowest BCUT2D eigenvalue weighted by atomic mass is 9.96. The molecule has 0 bridgehead atoms. The van der Waals surface area contributed by atoms with E-state index in [-0.39, 0.29) is 36.3 Å². The molecule has 5 aromatic rings. The summed E-state index contributed by atoms with van der Waals surface area (Å²) in [6, 6.07) is 18.8. The Hall–Kier alpha value is -4.93. The van der Waals surface area contributed by atoms with Gasteiger partial charge in [0.1, 0.15) is 12.4 Å². The van der Waals surface area contributed by atoms with Crippen LogP contribution < -0.4 is 19.8 Å². The molecule has 4 aromatic carbocycles. The summed E-state index contributed by atoms with van der Waals surface area (Å²) in [5.41, 5.74) is 3.26. The highest BCUT2D eigenvalue weighted by Crippen LogP contribution is 2.39. The predicted octanol–water partition coefficient (Wildman–Crippen LogP) is 8.97. The standard InChI is InChI=1S/C36H34Cl2N4O6/c1-6-46-32-14-22(5)27(18-26(32)21(3)4)35-40-30-11-9-8-10-25(30)36(43)41(35)39-19-24-16-31(42(44)45)34(33(17-24)47-7-2)48-20-23-12-13-28(37)29(38)15-23/h8-19,21H,6-7,20H2,1-5H3. The van der Waals surface area contributed by atoms with Gasteiger partial charge in [0.2, 0.25) is 5.75 Å². The van der Waals surface area contributed by atoms with Crippen molar-refractivity contribution < 1.29 is 19.1 Å². The Balaban J connectivity index is 1.63. The van der Waals surface area contributed by atoms with E-state index >= 15 is 0 Å². The second-order valence-electron chi connectivity index (χ2n) is 11.2. The molecule has 0 aliphatic heterocycles. The number of fused-ring (bicyclic) bond motifs is 1. The number of aromatic nitrogens is 2. The number of rotatable bonds is 12. The summed E-state index contributed by atoms with van der Waals surface area (Å²) >= 11 is 12.2. The van der Waals surface area contributed by atoms with Crippen molar-refractivity contribution in [3.05, 3.63) is 119 Å². The average Bonchev–Trinajstić information content (AvgIpc) is 3.05. The third-order valence-corrected chi connectivity index (χ3v) is 8.26. The Morgan fingerprint density at radius 2 is 1.69 bits per heavy atom. The molecule has 248 valence electrons. The van der Waals surface area contributed by atoms with Crippen molar-refractivity contribution in [2.75, 3.05) is 13.2 Å². The van der Waals surface area contributed by atoms with Crippen LogP contribution in [0, 0.1) is 17.0 Å². The van der Waals surface area contributed by atoms with Gasteiger partial charge in [-0.1, -0.05) is 55.2 Å². The maximum absolute atomic E-state index is 13.9. The minimum Gasteiger partial charge on any atom is -0.494 e. The zero-order valence-electron chi connectivity index (χ0n) is 27.1. The monoisotopic (exact) mass is 688 g/mol. The van der Waals surface area contributed by atoms with Gasteiger partial charge in [-0.3, -0.25) is 14.9 Å². The van der Waals surface area contributed by atoms with E-state index in [1.54, 1.807) is 49.4 Å². The van der Waals surface area contributed by atoms with Gasteiger partial charge in [-0.2, -0.15) is 9.78 Å². The van der Waals surface area contributed by atoms with E-state index in [4.69, 9.17) is 42.4 Å². The number of nitro benzene ring substituents is 1. The molecule has 0 N–H and O–H groups in total. The summed E-state index contributed by atoms with van der Waals surface area (Å²) in [5.74, 6) is 1.30. The van der Waals surface area contributed by atoms with Gasteiger partial charge in [-0.15, -0.1) is 0 Å². The Labute approximate surface area is 287 Å². The first-order chi connectivity index (χ1) is 23.0. The fraction of sp³-hybridized carbons (Fsp3) is 0.250. The molecule has 48 heavy (non-hydrogen) atoms. The number of benzene rings is 4. The SMILES string of the molecule is CCOc1cc(C)c(-c2nc3ccccc3c(=O)n2N=Cc2cc(OCC)c(OCc3ccc(Cl)c(Cl)c3)c([N+](=O)[O-])c2)cc1C(C)C. The topological polar surface area (TPSA) is 118 Å². The molecule has 0 saturated carbocycles. The third-order valence-electron chi connectivity index (χ3n) is 7.52. The minimum atomic E-state index is -0.560. The van der Waals surface area contributed by atoms with Gasteiger partial charge in [-0.05, 0) is 85.8 Å². The number of halogens is 2. The van der Waals surface area contributed by atoms with Crippen molar-refractivity contribution in [2.45, 2.75) is 47.1 Å². The lowest BCUT2D eigenvalue weighted by Gasteiger charge is -2.18. The van der Waals surface area contributed by atoms with Crippen LogP contribution in [-0.4, -0.2) is 34.0 Å². The van der Waals surface area contributed by atoms with E-state index in [9.17, 15) is 14.9 Å². The lowest BCUT2D eigenvalue weighted by molar-refractivity contribution is -0.386. The molecule has 5 rings (SSSR count). The van der Waals surface area contributed by atoms with Crippen molar-refractivity contribution >= 4 is 46.0 Å². The molecule has 12 heteroatoms. The predicted molar refractivity (Wildman–Crippen MR) is 189 cm³/mol. The fourth-order valence-electron chi connectivity index (χ4n) is 5.21. The number of para-hydroxylation sites is 1. The molecule has 0 atom stereocenters. The van der Waals surface area contributed by atoms with Crippen LogP contribution in [0.2, 0.25) is 10.0 Å². The number of ether oxygens (including phenoxy) is 3. The van der Waals surface area contributed by atoms with Gasteiger partial charge in [-0.25, -0.2) is 4.98 Å². The van der Waals surface area contributed by atoms with Crippen LogP contribution in [0.15, 0.2) is 76.6 Å². The summed E-state index contributed by atoms with van der Waals surface area (Å²) in [7, 11) is 0. The smallest absolute Gasteiger partial charge is 0.315 e. The molecule has 0 amide bonds. The highest BCUT2D eigenvalue weighted by atomic mass is 35.5. The van der Waals surface area contributed by atoms with E-state index < -0.39 is 10.5 Å². The molecule has 10 nitrogen and oxygen atoms in total. The molecule has 1 heterocycles.